The molecular formula is C15H22O3. The molecule has 1 atom stereocenters. The lowest BCUT2D eigenvalue weighted by Crippen LogP contribution is -2.36. The van der Waals surface area contributed by atoms with Gasteiger partial charge in [0, 0.05) is 12.3 Å². The van der Waals surface area contributed by atoms with Gasteiger partial charge in [0.2, 0.25) is 0 Å². The van der Waals surface area contributed by atoms with Crippen LogP contribution in [0.2, 0.25) is 0 Å². The monoisotopic (exact) mass is 250 g/mol. The Balaban J connectivity index is 2.65. The highest BCUT2D eigenvalue weighted by atomic mass is 16.6. The Kier molecular flexibility index (Phi) is 4.76. The molecule has 3 nitrogen and oxygen atoms in total. The van der Waals surface area contributed by atoms with Crippen LogP contribution in [0, 0.1) is 12.3 Å². The van der Waals surface area contributed by atoms with Crippen LogP contribution in [0.1, 0.15) is 33.3 Å². The lowest BCUT2D eigenvalue weighted by Gasteiger charge is -2.29. The minimum Gasteiger partial charge on any atom is -0.490 e. The largest absolute Gasteiger partial charge is 0.490 e. The van der Waals surface area contributed by atoms with Gasteiger partial charge in [-0.1, -0.05) is 32.9 Å². The summed E-state index contributed by atoms with van der Waals surface area (Å²) in [5.74, 6) is 0.527. The van der Waals surface area contributed by atoms with Gasteiger partial charge in [0.15, 0.2) is 0 Å². The highest BCUT2D eigenvalue weighted by Crippen LogP contribution is 2.24. The summed E-state index contributed by atoms with van der Waals surface area (Å²) in [7, 11) is 0. The molecule has 1 aromatic carbocycles. The Hall–Kier alpha value is -1.51. The Morgan fingerprint density at radius 2 is 2.00 bits per heavy atom. The summed E-state index contributed by atoms with van der Waals surface area (Å²) >= 11 is 0. The van der Waals surface area contributed by atoms with Crippen molar-refractivity contribution in [1.29, 1.82) is 0 Å². The number of carbonyl (C=O) groups is 1. The summed E-state index contributed by atoms with van der Waals surface area (Å²) in [6.45, 7) is 9.89. The summed E-state index contributed by atoms with van der Waals surface area (Å²) < 4.78 is 11.0. The topological polar surface area (TPSA) is 35.5 Å². The average molecular weight is 250 g/mol. The van der Waals surface area contributed by atoms with Crippen LogP contribution in [-0.4, -0.2) is 18.7 Å². The highest BCUT2D eigenvalue weighted by Gasteiger charge is 2.28. The Bertz CT molecular complexity index is 404. The van der Waals surface area contributed by atoms with Crippen molar-refractivity contribution in [2.45, 2.75) is 40.7 Å². The van der Waals surface area contributed by atoms with Gasteiger partial charge in [0.1, 0.15) is 18.5 Å². The number of aryl methyl sites for hydroxylation is 1. The number of ether oxygens (including phenoxy) is 2. The molecule has 3 heteroatoms. The summed E-state index contributed by atoms with van der Waals surface area (Å²) in [5, 5.41) is 0. The van der Waals surface area contributed by atoms with Gasteiger partial charge in [0.05, 0.1) is 0 Å². The fourth-order valence-electron chi connectivity index (χ4n) is 1.54. The van der Waals surface area contributed by atoms with Gasteiger partial charge in [-0.05, 0) is 24.6 Å². The van der Waals surface area contributed by atoms with Crippen LogP contribution in [0.5, 0.6) is 5.75 Å². The molecule has 0 aliphatic heterocycles. The maximum Gasteiger partial charge on any atom is 0.303 e. The van der Waals surface area contributed by atoms with Gasteiger partial charge in [-0.15, -0.1) is 0 Å². The summed E-state index contributed by atoms with van der Waals surface area (Å²) in [4.78, 5) is 11.1. The lowest BCUT2D eigenvalue weighted by molar-refractivity contribution is -0.154. The molecule has 0 saturated carbocycles. The van der Waals surface area contributed by atoms with Crippen LogP contribution in [-0.2, 0) is 9.53 Å². The Morgan fingerprint density at radius 3 is 2.50 bits per heavy atom. The molecule has 0 fully saturated rings. The van der Waals surface area contributed by atoms with E-state index in [-0.39, 0.29) is 17.5 Å². The van der Waals surface area contributed by atoms with E-state index in [2.05, 4.69) is 0 Å². The van der Waals surface area contributed by atoms with E-state index in [0.29, 0.717) is 6.61 Å². The molecule has 0 saturated heterocycles. The number of rotatable bonds is 4. The van der Waals surface area contributed by atoms with Crippen molar-refractivity contribution in [3.8, 4) is 5.75 Å². The fourth-order valence-corrected chi connectivity index (χ4v) is 1.54. The Morgan fingerprint density at radius 1 is 1.33 bits per heavy atom. The SMILES string of the molecule is CC(=O)OC(COc1cccc(C)c1)C(C)(C)C. The molecule has 1 aromatic rings. The fraction of sp³-hybridized carbons (Fsp3) is 0.533. The zero-order valence-electron chi connectivity index (χ0n) is 11.8. The lowest BCUT2D eigenvalue weighted by atomic mass is 9.89. The first-order valence-electron chi connectivity index (χ1n) is 6.16. The molecule has 100 valence electrons. The normalized spacial score (nSPS) is 12.9. The molecule has 1 unspecified atom stereocenters. The van der Waals surface area contributed by atoms with Crippen molar-refractivity contribution < 1.29 is 14.3 Å². The number of esters is 1. The quantitative estimate of drug-likeness (QED) is 0.769. The van der Waals surface area contributed by atoms with Gasteiger partial charge in [-0.2, -0.15) is 0 Å². The predicted molar refractivity (Wildman–Crippen MR) is 71.7 cm³/mol. The van der Waals surface area contributed by atoms with Crippen molar-refractivity contribution >= 4 is 5.97 Å². The zero-order chi connectivity index (χ0) is 13.8. The molecule has 0 radical (unpaired) electrons. The third-order valence-corrected chi connectivity index (χ3v) is 2.67. The second kappa shape index (κ2) is 5.89. The van der Waals surface area contributed by atoms with E-state index >= 15 is 0 Å². The van der Waals surface area contributed by atoms with E-state index < -0.39 is 0 Å². The maximum atomic E-state index is 11.1. The molecule has 0 aliphatic carbocycles. The summed E-state index contributed by atoms with van der Waals surface area (Å²) in [5.41, 5.74) is 1.00. The molecule has 0 bridgehead atoms. The van der Waals surface area contributed by atoms with Crippen LogP contribution < -0.4 is 4.74 Å². The molecule has 18 heavy (non-hydrogen) atoms. The molecule has 0 aromatic heterocycles. The van der Waals surface area contributed by atoms with Crippen LogP contribution >= 0.6 is 0 Å². The minimum atomic E-state index is -0.275. The predicted octanol–water partition coefficient (Wildman–Crippen LogP) is 3.35. The van der Waals surface area contributed by atoms with E-state index in [1.54, 1.807) is 0 Å². The number of benzene rings is 1. The van der Waals surface area contributed by atoms with Crippen molar-refractivity contribution in [2.75, 3.05) is 6.61 Å². The minimum absolute atomic E-state index is 0.143. The van der Waals surface area contributed by atoms with Crippen molar-refractivity contribution in [3.05, 3.63) is 29.8 Å². The van der Waals surface area contributed by atoms with Crippen LogP contribution in [0.3, 0.4) is 0 Å². The smallest absolute Gasteiger partial charge is 0.303 e. The van der Waals surface area contributed by atoms with Gasteiger partial charge in [0.25, 0.3) is 0 Å². The average Bonchev–Trinajstić information content (AvgIpc) is 2.22. The second-order valence-corrected chi connectivity index (χ2v) is 5.59. The second-order valence-electron chi connectivity index (χ2n) is 5.59. The first kappa shape index (κ1) is 14.6. The van der Waals surface area contributed by atoms with E-state index in [1.807, 2.05) is 52.0 Å². The molecule has 0 spiro atoms. The van der Waals surface area contributed by atoms with E-state index in [4.69, 9.17) is 9.47 Å². The zero-order valence-corrected chi connectivity index (χ0v) is 11.8. The van der Waals surface area contributed by atoms with Crippen LogP contribution in [0.15, 0.2) is 24.3 Å². The number of hydrogen-bond donors (Lipinski definition) is 0. The molecule has 0 heterocycles. The summed E-state index contributed by atoms with van der Waals surface area (Å²) in [6, 6.07) is 7.83. The van der Waals surface area contributed by atoms with Crippen LogP contribution in [0.4, 0.5) is 0 Å². The van der Waals surface area contributed by atoms with Gasteiger partial charge in [-0.3, -0.25) is 4.79 Å². The standard InChI is InChI=1S/C15H22O3/c1-11-7-6-8-13(9-11)17-10-14(15(3,4)5)18-12(2)16/h6-9,14H,10H2,1-5H3. The molecule has 0 N–H and O–H groups in total. The van der Waals surface area contributed by atoms with Crippen molar-refractivity contribution in [3.63, 3.8) is 0 Å². The molecule has 0 aliphatic rings. The first-order chi connectivity index (χ1) is 8.29. The van der Waals surface area contributed by atoms with E-state index in [1.165, 1.54) is 6.92 Å². The first-order valence-corrected chi connectivity index (χ1v) is 6.16. The van der Waals surface area contributed by atoms with Crippen molar-refractivity contribution in [1.82, 2.24) is 0 Å². The molecular weight excluding hydrogens is 228 g/mol. The molecule has 0 amide bonds. The van der Waals surface area contributed by atoms with Gasteiger partial charge >= 0.3 is 5.97 Å². The van der Waals surface area contributed by atoms with Crippen LogP contribution in [0.25, 0.3) is 0 Å². The van der Waals surface area contributed by atoms with E-state index in [0.717, 1.165) is 11.3 Å². The van der Waals surface area contributed by atoms with E-state index in [9.17, 15) is 4.79 Å². The Labute approximate surface area is 109 Å². The molecule has 1 rings (SSSR count). The third kappa shape index (κ3) is 4.78. The number of carbonyl (C=O) groups excluding carboxylic acids is 1. The third-order valence-electron chi connectivity index (χ3n) is 2.67. The number of hydrogen-bond acceptors (Lipinski definition) is 3. The van der Waals surface area contributed by atoms with Gasteiger partial charge < -0.3 is 9.47 Å². The maximum absolute atomic E-state index is 11.1. The van der Waals surface area contributed by atoms with Gasteiger partial charge in [-0.25, -0.2) is 0 Å². The summed E-state index contributed by atoms with van der Waals surface area (Å²) in [6.07, 6.45) is -0.254. The highest BCUT2D eigenvalue weighted by molar-refractivity contribution is 5.66. The van der Waals surface area contributed by atoms with Crippen molar-refractivity contribution in [2.24, 2.45) is 5.41 Å².